The Bertz CT molecular complexity index is 1140. The second-order valence-electron chi connectivity index (χ2n) is 9.24. The molecule has 1 aliphatic carbocycles. The highest BCUT2D eigenvalue weighted by Gasteiger charge is 2.28. The van der Waals surface area contributed by atoms with Crippen LogP contribution in [0.25, 0.3) is 11.1 Å². The number of nitrogens with zero attached hydrogens (tertiary/aromatic N) is 2. The number of halogens is 2. The minimum atomic E-state index is -0.255. The van der Waals surface area contributed by atoms with Gasteiger partial charge in [-0.05, 0) is 64.9 Å². The fourth-order valence-electron chi connectivity index (χ4n) is 5.19. The molecule has 170 valence electrons. The predicted molar refractivity (Wildman–Crippen MR) is 131 cm³/mol. The van der Waals surface area contributed by atoms with Crippen LogP contribution in [0.15, 0.2) is 66.7 Å². The second kappa shape index (κ2) is 9.76. The largest absolute Gasteiger partial charge is 0.300 e. The fraction of sp³-hybridized carbons (Fsp3) is 0.321. The molecule has 0 amide bonds. The molecule has 3 nitrogen and oxygen atoms in total. The summed E-state index contributed by atoms with van der Waals surface area (Å²) >= 11 is 6.07. The van der Waals surface area contributed by atoms with Crippen LogP contribution in [0.1, 0.15) is 27.9 Å². The van der Waals surface area contributed by atoms with Gasteiger partial charge in [0, 0.05) is 56.3 Å². The minimum Gasteiger partial charge on any atom is -0.300 e. The van der Waals surface area contributed by atoms with Crippen LogP contribution >= 0.6 is 11.6 Å². The molecule has 3 aromatic rings. The number of fused-ring (bicyclic) bond motifs is 1. The fourth-order valence-corrected chi connectivity index (χ4v) is 5.32. The Hall–Kier alpha value is -2.53. The second-order valence-corrected chi connectivity index (χ2v) is 9.68. The van der Waals surface area contributed by atoms with E-state index < -0.39 is 0 Å². The molecule has 0 radical (unpaired) electrons. The molecule has 0 spiro atoms. The molecule has 1 aliphatic heterocycles. The standard InChI is InChI=1S/C28H28ClFN2O/c29-24-7-5-21(6-8-24)26-4-2-1-3-22(26)19-32-13-11-31(12-14-32)18-20-15-23-17-25(30)9-10-27(23)28(33)16-20/h1-10,17,20H,11-16,18-19H2. The third-order valence-electron chi connectivity index (χ3n) is 6.90. The lowest BCUT2D eigenvalue weighted by Crippen LogP contribution is -2.48. The Balaban J connectivity index is 1.18. The zero-order valence-electron chi connectivity index (χ0n) is 18.6. The molecule has 0 N–H and O–H groups in total. The SMILES string of the molecule is O=C1CC(CN2CCN(Cc3ccccc3-c3ccc(Cl)cc3)CC2)Cc2cc(F)ccc21. The van der Waals surface area contributed by atoms with Gasteiger partial charge >= 0.3 is 0 Å². The Kier molecular flexibility index (Phi) is 6.59. The molecule has 1 heterocycles. The van der Waals surface area contributed by atoms with Gasteiger partial charge in [0.2, 0.25) is 0 Å². The first-order valence-electron chi connectivity index (χ1n) is 11.7. The molecule has 1 fully saturated rings. The van der Waals surface area contributed by atoms with E-state index in [1.807, 2.05) is 12.1 Å². The Morgan fingerprint density at radius 2 is 1.58 bits per heavy atom. The van der Waals surface area contributed by atoms with E-state index in [-0.39, 0.29) is 17.5 Å². The number of rotatable bonds is 5. The molecule has 5 heteroatoms. The van der Waals surface area contributed by atoms with E-state index in [0.717, 1.165) is 56.3 Å². The Morgan fingerprint density at radius 3 is 2.36 bits per heavy atom. The first-order chi connectivity index (χ1) is 16.0. The molecule has 1 atom stereocenters. The van der Waals surface area contributed by atoms with Crippen molar-refractivity contribution in [2.75, 3.05) is 32.7 Å². The van der Waals surface area contributed by atoms with Crippen LogP contribution in [0.4, 0.5) is 4.39 Å². The van der Waals surface area contributed by atoms with Gasteiger partial charge in [0.25, 0.3) is 0 Å². The summed E-state index contributed by atoms with van der Waals surface area (Å²) in [6.07, 6.45) is 1.35. The summed E-state index contributed by atoms with van der Waals surface area (Å²) in [4.78, 5) is 17.5. The van der Waals surface area contributed by atoms with Gasteiger partial charge in [-0.25, -0.2) is 4.39 Å². The van der Waals surface area contributed by atoms with Gasteiger partial charge < -0.3 is 4.90 Å². The predicted octanol–water partition coefficient (Wildman–Crippen LogP) is 5.71. The first-order valence-corrected chi connectivity index (χ1v) is 12.0. The van der Waals surface area contributed by atoms with E-state index in [2.05, 4.69) is 46.2 Å². The number of hydrogen-bond donors (Lipinski definition) is 0. The molecule has 2 aliphatic rings. The zero-order chi connectivity index (χ0) is 22.8. The molecule has 1 unspecified atom stereocenters. The van der Waals surface area contributed by atoms with Crippen molar-refractivity contribution in [1.82, 2.24) is 9.80 Å². The first kappa shape index (κ1) is 22.3. The third kappa shape index (κ3) is 5.19. The average Bonchev–Trinajstić information content (AvgIpc) is 2.81. The maximum Gasteiger partial charge on any atom is 0.163 e. The number of piperazine rings is 1. The monoisotopic (exact) mass is 462 g/mol. The van der Waals surface area contributed by atoms with Crippen molar-refractivity contribution < 1.29 is 9.18 Å². The quantitative estimate of drug-likeness (QED) is 0.485. The number of benzene rings is 3. The van der Waals surface area contributed by atoms with E-state index >= 15 is 0 Å². The third-order valence-corrected chi connectivity index (χ3v) is 7.15. The van der Waals surface area contributed by atoms with Crippen molar-refractivity contribution in [1.29, 1.82) is 0 Å². The lowest BCUT2D eigenvalue weighted by atomic mass is 9.82. The van der Waals surface area contributed by atoms with Crippen LogP contribution in [0.5, 0.6) is 0 Å². The summed E-state index contributed by atoms with van der Waals surface area (Å²) in [5.41, 5.74) is 5.34. The number of carbonyl (C=O) groups excluding carboxylic acids is 1. The summed E-state index contributed by atoms with van der Waals surface area (Å²) in [5.74, 6) is 0.164. The van der Waals surface area contributed by atoms with Crippen LogP contribution in [0.2, 0.25) is 5.02 Å². The van der Waals surface area contributed by atoms with E-state index in [1.165, 1.54) is 28.8 Å². The number of ketones is 1. The van der Waals surface area contributed by atoms with Crippen molar-refractivity contribution in [3.63, 3.8) is 0 Å². The normalized spacial score (nSPS) is 19.5. The molecule has 3 aromatic carbocycles. The lowest BCUT2D eigenvalue weighted by molar-refractivity contribution is 0.0877. The highest BCUT2D eigenvalue weighted by Crippen LogP contribution is 2.28. The van der Waals surface area contributed by atoms with Gasteiger partial charge in [0.15, 0.2) is 5.78 Å². The highest BCUT2D eigenvalue weighted by atomic mass is 35.5. The van der Waals surface area contributed by atoms with Crippen molar-refractivity contribution in [2.45, 2.75) is 19.4 Å². The zero-order valence-corrected chi connectivity index (χ0v) is 19.4. The van der Waals surface area contributed by atoms with Crippen LogP contribution in [0, 0.1) is 11.7 Å². The minimum absolute atomic E-state index is 0.152. The summed E-state index contributed by atoms with van der Waals surface area (Å²) in [5, 5.41) is 0.751. The van der Waals surface area contributed by atoms with Gasteiger partial charge in [0.1, 0.15) is 5.82 Å². The Morgan fingerprint density at radius 1 is 0.848 bits per heavy atom. The summed E-state index contributed by atoms with van der Waals surface area (Å²) in [6, 6.07) is 21.2. The average molecular weight is 463 g/mol. The molecule has 0 saturated carbocycles. The van der Waals surface area contributed by atoms with Crippen LogP contribution in [-0.2, 0) is 13.0 Å². The van der Waals surface area contributed by atoms with Gasteiger partial charge in [-0.3, -0.25) is 9.69 Å². The van der Waals surface area contributed by atoms with Crippen molar-refractivity contribution >= 4 is 17.4 Å². The maximum atomic E-state index is 13.7. The summed E-state index contributed by atoms with van der Waals surface area (Å²) in [7, 11) is 0. The van der Waals surface area contributed by atoms with Crippen LogP contribution in [0.3, 0.4) is 0 Å². The molecular formula is C28H28ClFN2O. The van der Waals surface area contributed by atoms with E-state index in [0.29, 0.717) is 12.0 Å². The topological polar surface area (TPSA) is 23.6 Å². The summed E-state index contributed by atoms with van der Waals surface area (Å²) in [6.45, 7) is 5.80. The van der Waals surface area contributed by atoms with Gasteiger partial charge in [0.05, 0.1) is 0 Å². The number of Topliss-reactive ketones (excluding diaryl/α,β-unsaturated/α-hetero) is 1. The molecule has 0 bridgehead atoms. The molecule has 0 aromatic heterocycles. The maximum absolute atomic E-state index is 13.7. The lowest BCUT2D eigenvalue weighted by Gasteiger charge is -2.37. The van der Waals surface area contributed by atoms with Crippen LogP contribution in [-0.4, -0.2) is 48.3 Å². The molecule has 33 heavy (non-hydrogen) atoms. The Labute approximate surface area is 199 Å². The summed E-state index contributed by atoms with van der Waals surface area (Å²) < 4.78 is 13.7. The van der Waals surface area contributed by atoms with Crippen molar-refractivity contribution in [3.8, 4) is 11.1 Å². The number of hydrogen-bond acceptors (Lipinski definition) is 3. The van der Waals surface area contributed by atoms with Gasteiger partial charge in [-0.2, -0.15) is 0 Å². The van der Waals surface area contributed by atoms with E-state index in [1.54, 1.807) is 6.07 Å². The van der Waals surface area contributed by atoms with Crippen LogP contribution < -0.4 is 0 Å². The molecular weight excluding hydrogens is 435 g/mol. The van der Waals surface area contributed by atoms with Gasteiger partial charge in [-0.1, -0.05) is 48.0 Å². The molecule has 5 rings (SSSR count). The van der Waals surface area contributed by atoms with Crippen molar-refractivity contribution in [3.05, 3.63) is 94.3 Å². The van der Waals surface area contributed by atoms with Crippen molar-refractivity contribution in [2.24, 2.45) is 5.92 Å². The van der Waals surface area contributed by atoms with E-state index in [4.69, 9.17) is 11.6 Å². The smallest absolute Gasteiger partial charge is 0.163 e. The number of carbonyl (C=O) groups is 1. The van der Waals surface area contributed by atoms with E-state index in [9.17, 15) is 9.18 Å². The molecule has 1 saturated heterocycles. The van der Waals surface area contributed by atoms with Gasteiger partial charge in [-0.15, -0.1) is 0 Å². The highest BCUT2D eigenvalue weighted by molar-refractivity contribution is 6.30.